The van der Waals surface area contributed by atoms with Crippen LogP contribution in [0.1, 0.15) is 6.42 Å². The lowest BCUT2D eigenvalue weighted by Crippen LogP contribution is -2.32. The van der Waals surface area contributed by atoms with Gasteiger partial charge in [-0.1, -0.05) is 6.07 Å². The van der Waals surface area contributed by atoms with Gasteiger partial charge in [0.25, 0.3) is 0 Å². The van der Waals surface area contributed by atoms with E-state index in [9.17, 15) is 0 Å². The Morgan fingerprint density at radius 3 is 2.76 bits per heavy atom. The zero-order valence-corrected chi connectivity index (χ0v) is 10.8. The SMILES string of the molecule is CNC(CCO)COc1cccc(N(C)C)c1. The van der Waals surface area contributed by atoms with Crippen molar-refractivity contribution >= 4 is 5.69 Å². The lowest BCUT2D eigenvalue weighted by atomic mass is 10.2. The molecule has 4 heteroatoms. The first-order chi connectivity index (χ1) is 8.17. The van der Waals surface area contributed by atoms with Crippen LogP contribution in [0, 0.1) is 0 Å². The van der Waals surface area contributed by atoms with Gasteiger partial charge in [0.15, 0.2) is 0 Å². The molecule has 96 valence electrons. The number of nitrogens with zero attached hydrogens (tertiary/aromatic N) is 1. The third-order valence-corrected chi connectivity index (χ3v) is 2.67. The lowest BCUT2D eigenvalue weighted by molar-refractivity contribution is 0.219. The second-order valence-electron chi connectivity index (χ2n) is 4.20. The van der Waals surface area contributed by atoms with Crippen LogP contribution < -0.4 is 15.0 Å². The number of benzene rings is 1. The Balaban J connectivity index is 2.53. The molecular weight excluding hydrogens is 216 g/mol. The van der Waals surface area contributed by atoms with E-state index in [-0.39, 0.29) is 12.6 Å². The minimum absolute atomic E-state index is 0.173. The van der Waals surface area contributed by atoms with E-state index in [1.54, 1.807) is 0 Å². The summed E-state index contributed by atoms with van der Waals surface area (Å²) in [6.07, 6.45) is 0.698. The molecule has 0 heterocycles. The molecule has 0 bridgehead atoms. The zero-order chi connectivity index (χ0) is 12.7. The van der Waals surface area contributed by atoms with Crippen LogP contribution in [0.2, 0.25) is 0 Å². The Labute approximate surface area is 103 Å². The van der Waals surface area contributed by atoms with Crippen molar-refractivity contribution in [1.29, 1.82) is 0 Å². The molecule has 4 nitrogen and oxygen atoms in total. The van der Waals surface area contributed by atoms with Gasteiger partial charge in [-0.2, -0.15) is 0 Å². The van der Waals surface area contributed by atoms with Gasteiger partial charge in [-0.25, -0.2) is 0 Å². The first-order valence-corrected chi connectivity index (χ1v) is 5.85. The number of nitrogens with one attached hydrogen (secondary N) is 1. The van der Waals surface area contributed by atoms with Gasteiger partial charge in [-0.3, -0.25) is 0 Å². The highest BCUT2D eigenvalue weighted by molar-refractivity contribution is 5.49. The van der Waals surface area contributed by atoms with Crippen LogP contribution in [0.5, 0.6) is 5.75 Å². The number of aliphatic hydroxyl groups excluding tert-OH is 1. The number of ether oxygens (including phenoxy) is 1. The van der Waals surface area contributed by atoms with Crippen molar-refractivity contribution in [3.8, 4) is 5.75 Å². The Hall–Kier alpha value is -1.26. The van der Waals surface area contributed by atoms with E-state index in [1.807, 2.05) is 50.3 Å². The Morgan fingerprint density at radius 2 is 2.18 bits per heavy atom. The zero-order valence-electron chi connectivity index (χ0n) is 10.8. The summed E-state index contributed by atoms with van der Waals surface area (Å²) in [5.74, 6) is 0.856. The van der Waals surface area contributed by atoms with Crippen molar-refractivity contribution < 1.29 is 9.84 Å². The highest BCUT2D eigenvalue weighted by atomic mass is 16.5. The molecule has 0 aliphatic rings. The van der Waals surface area contributed by atoms with Gasteiger partial charge in [0, 0.05) is 38.5 Å². The molecule has 0 aliphatic carbocycles. The van der Waals surface area contributed by atoms with Gasteiger partial charge in [-0.15, -0.1) is 0 Å². The predicted molar refractivity (Wildman–Crippen MR) is 70.8 cm³/mol. The number of rotatable bonds is 7. The third kappa shape index (κ3) is 4.63. The molecule has 1 aromatic rings. The molecule has 2 N–H and O–H groups in total. The van der Waals surface area contributed by atoms with Crippen molar-refractivity contribution in [2.75, 3.05) is 39.3 Å². The number of anilines is 1. The van der Waals surface area contributed by atoms with Crippen molar-refractivity contribution in [1.82, 2.24) is 5.32 Å². The highest BCUT2D eigenvalue weighted by Crippen LogP contribution is 2.19. The van der Waals surface area contributed by atoms with E-state index in [1.165, 1.54) is 0 Å². The average molecular weight is 238 g/mol. The number of likely N-dealkylation sites (N-methyl/N-ethyl adjacent to an activating group) is 1. The molecule has 0 radical (unpaired) electrons. The highest BCUT2D eigenvalue weighted by Gasteiger charge is 2.06. The van der Waals surface area contributed by atoms with Crippen LogP contribution in [0.25, 0.3) is 0 Å². The molecule has 1 atom stereocenters. The van der Waals surface area contributed by atoms with Gasteiger partial charge in [-0.05, 0) is 25.6 Å². The molecule has 0 saturated heterocycles. The molecule has 0 saturated carbocycles. The quantitative estimate of drug-likeness (QED) is 0.747. The van der Waals surface area contributed by atoms with Gasteiger partial charge in [0.1, 0.15) is 12.4 Å². The van der Waals surface area contributed by atoms with Gasteiger partial charge in [0.05, 0.1) is 0 Å². The van der Waals surface area contributed by atoms with Gasteiger partial charge < -0.3 is 20.1 Å². The lowest BCUT2D eigenvalue weighted by Gasteiger charge is -2.17. The van der Waals surface area contributed by atoms with Crippen LogP contribution in [-0.2, 0) is 0 Å². The fourth-order valence-corrected chi connectivity index (χ4v) is 1.52. The van der Waals surface area contributed by atoms with E-state index >= 15 is 0 Å². The normalized spacial score (nSPS) is 12.2. The third-order valence-electron chi connectivity index (χ3n) is 2.67. The second kappa shape index (κ2) is 7.14. The van der Waals surface area contributed by atoms with Crippen molar-refractivity contribution in [2.45, 2.75) is 12.5 Å². The maximum absolute atomic E-state index is 8.88. The summed E-state index contributed by atoms with van der Waals surface area (Å²) in [6.45, 7) is 0.737. The number of aliphatic hydroxyl groups is 1. The van der Waals surface area contributed by atoms with E-state index in [0.717, 1.165) is 11.4 Å². The summed E-state index contributed by atoms with van der Waals surface area (Å²) in [5.41, 5.74) is 1.12. The van der Waals surface area contributed by atoms with Crippen LogP contribution in [0.3, 0.4) is 0 Å². The maximum Gasteiger partial charge on any atom is 0.121 e. The minimum Gasteiger partial charge on any atom is -0.492 e. The number of hydrogen-bond acceptors (Lipinski definition) is 4. The summed E-state index contributed by atoms with van der Waals surface area (Å²) in [7, 11) is 5.88. The molecule has 1 unspecified atom stereocenters. The molecule has 1 aromatic carbocycles. The largest absolute Gasteiger partial charge is 0.492 e. The predicted octanol–water partition coefficient (Wildman–Crippen LogP) is 1.10. The molecule has 17 heavy (non-hydrogen) atoms. The van der Waals surface area contributed by atoms with Crippen LogP contribution >= 0.6 is 0 Å². The van der Waals surface area contributed by atoms with Crippen molar-refractivity contribution in [3.05, 3.63) is 24.3 Å². The molecule has 0 spiro atoms. The smallest absolute Gasteiger partial charge is 0.121 e. The maximum atomic E-state index is 8.88. The van der Waals surface area contributed by atoms with Gasteiger partial charge >= 0.3 is 0 Å². The van der Waals surface area contributed by atoms with Crippen LogP contribution in [-0.4, -0.2) is 45.5 Å². The summed E-state index contributed by atoms with van der Waals surface area (Å²) < 4.78 is 5.70. The van der Waals surface area contributed by atoms with Crippen molar-refractivity contribution in [2.24, 2.45) is 0 Å². The standard InChI is InChI=1S/C13H22N2O2/c1-14-11(7-8-16)10-17-13-6-4-5-12(9-13)15(2)3/h4-6,9,11,14,16H,7-8,10H2,1-3H3. The summed E-state index contributed by atoms with van der Waals surface area (Å²) in [6, 6.07) is 8.15. The molecule has 1 rings (SSSR count). The van der Waals surface area contributed by atoms with Crippen LogP contribution in [0.15, 0.2) is 24.3 Å². The van der Waals surface area contributed by atoms with E-state index in [2.05, 4.69) is 5.32 Å². The molecule has 0 fully saturated rings. The molecule has 0 aliphatic heterocycles. The first-order valence-electron chi connectivity index (χ1n) is 5.85. The Kier molecular flexibility index (Phi) is 5.80. The molecular formula is C13H22N2O2. The summed E-state index contributed by atoms with van der Waals surface area (Å²) >= 11 is 0. The second-order valence-corrected chi connectivity index (χ2v) is 4.20. The number of hydrogen-bond donors (Lipinski definition) is 2. The first kappa shape index (κ1) is 13.8. The average Bonchev–Trinajstić information content (AvgIpc) is 2.34. The van der Waals surface area contributed by atoms with Crippen LogP contribution in [0.4, 0.5) is 5.69 Å². The van der Waals surface area contributed by atoms with E-state index in [0.29, 0.717) is 13.0 Å². The monoisotopic (exact) mass is 238 g/mol. The topological polar surface area (TPSA) is 44.7 Å². The summed E-state index contributed by atoms with van der Waals surface area (Å²) in [4.78, 5) is 2.04. The molecule has 0 aromatic heterocycles. The minimum atomic E-state index is 0.173. The van der Waals surface area contributed by atoms with E-state index in [4.69, 9.17) is 9.84 Å². The van der Waals surface area contributed by atoms with Crippen molar-refractivity contribution in [3.63, 3.8) is 0 Å². The van der Waals surface area contributed by atoms with E-state index < -0.39 is 0 Å². The Bertz CT molecular complexity index is 329. The van der Waals surface area contributed by atoms with Gasteiger partial charge in [0.2, 0.25) is 0 Å². The fourth-order valence-electron chi connectivity index (χ4n) is 1.52. The Morgan fingerprint density at radius 1 is 1.41 bits per heavy atom. The summed E-state index contributed by atoms with van der Waals surface area (Å²) in [5, 5.41) is 12.0. The fraction of sp³-hybridized carbons (Fsp3) is 0.538. The molecule has 0 amide bonds.